The molecule has 0 aliphatic heterocycles. The zero-order valence-corrected chi connectivity index (χ0v) is 12.3. The number of rotatable bonds is 4. The average Bonchev–Trinajstić information content (AvgIpc) is 2.62. The zero-order chi connectivity index (χ0) is 14.7. The average molecular weight is 272 g/mol. The topological polar surface area (TPSA) is 59.0 Å². The van der Waals surface area contributed by atoms with Gasteiger partial charge in [0.2, 0.25) is 5.91 Å². The van der Waals surface area contributed by atoms with E-state index in [9.17, 15) is 4.79 Å². The molecule has 0 spiro atoms. The SMILES string of the molecule is CC(=O)Nc1ccc(CNc2c(C)nn(C)c2C)cc1. The first-order chi connectivity index (χ1) is 9.47. The molecule has 5 heteroatoms. The number of nitrogens with zero attached hydrogens (tertiary/aromatic N) is 2. The highest BCUT2D eigenvalue weighted by Crippen LogP contribution is 2.19. The minimum absolute atomic E-state index is 0.0579. The van der Waals surface area contributed by atoms with E-state index >= 15 is 0 Å². The van der Waals surface area contributed by atoms with Gasteiger partial charge in [-0.05, 0) is 31.5 Å². The lowest BCUT2D eigenvalue weighted by Gasteiger charge is -2.08. The molecule has 0 aliphatic carbocycles. The van der Waals surface area contributed by atoms with Gasteiger partial charge in [0, 0.05) is 26.2 Å². The van der Waals surface area contributed by atoms with Crippen LogP contribution in [0.3, 0.4) is 0 Å². The minimum Gasteiger partial charge on any atom is -0.378 e. The predicted molar refractivity (Wildman–Crippen MR) is 80.8 cm³/mol. The standard InChI is InChI=1S/C15H20N4O/c1-10-15(11(2)19(4)18-10)16-9-13-5-7-14(8-6-13)17-12(3)20/h5-8,16H,9H2,1-4H3,(H,17,20). The number of nitrogens with one attached hydrogen (secondary N) is 2. The van der Waals surface area contributed by atoms with Crippen molar-refractivity contribution in [3.63, 3.8) is 0 Å². The Morgan fingerprint density at radius 3 is 2.40 bits per heavy atom. The maximum absolute atomic E-state index is 11.0. The van der Waals surface area contributed by atoms with Crippen molar-refractivity contribution in [2.45, 2.75) is 27.3 Å². The quantitative estimate of drug-likeness (QED) is 0.899. The normalized spacial score (nSPS) is 10.4. The summed E-state index contributed by atoms with van der Waals surface area (Å²) < 4.78 is 1.87. The monoisotopic (exact) mass is 272 g/mol. The largest absolute Gasteiger partial charge is 0.378 e. The molecule has 0 bridgehead atoms. The van der Waals surface area contributed by atoms with Crippen LogP contribution in [0.15, 0.2) is 24.3 Å². The molecular formula is C15H20N4O. The second kappa shape index (κ2) is 5.77. The third-order valence-electron chi connectivity index (χ3n) is 3.25. The summed E-state index contributed by atoms with van der Waals surface area (Å²) in [5.74, 6) is -0.0579. The summed E-state index contributed by atoms with van der Waals surface area (Å²) in [5.41, 5.74) is 5.17. The molecule has 0 aliphatic rings. The fourth-order valence-electron chi connectivity index (χ4n) is 2.13. The van der Waals surface area contributed by atoms with Gasteiger partial charge in [-0.25, -0.2) is 0 Å². The van der Waals surface area contributed by atoms with E-state index in [1.54, 1.807) is 0 Å². The molecule has 2 aromatic rings. The summed E-state index contributed by atoms with van der Waals surface area (Å²) in [6.07, 6.45) is 0. The van der Waals surface area contributed by atoms with Crippen LogP contribution in [-0.4, -0.2) is 15.7 Å². The lowest BCUT2D eigenvalue weighted by Crippen LogP contribution is -2.06. The Balaban J connectivity index is 2.02. The van der Waals surface area contributed by atoms with Gasteiger partial charge in [-0.15, -0.1) is 0 Å². The Morgan fingerprint density at radius 1 is 1.25 bits per heavy atom. The van der Waals surface area contributed by atoms with Crippen LogP contribution in [0.5, 0.6) is 0 Å². The zero-order valence-electron chi connectivity index (χ0n) is 12.3. The Labute approximate surface area is 119 Å². The van der Waals surface area contributed by atoms with E-state index in [0.29, 0.717) is 0 Å². The van der Waals surface area contributed by atoms with Crippen molar-refractivity contribution in [2.75, 3.05) is 10.6 Å². The molecule has 0 saturated carbocycles. The molecule has 1 aromatic carbocycles. The number of aryl methyl sites for hydroxylation is 2. The number of benzene rings is 1. The summed E-state index contributed by atoms with van der Waals surface area (Å²) in [4.78, 5) is 11.0. The van der Waals surface area contributed by atoms with Crippen molar-refractivity contribution in [1.82, 2.24) is 9.78 Å². The van der Waals surface area contributed by atoms with Crippen LogP contribution >= 0.6 is 0 Å². The lowest BCUT2D eigenvalue weighted by molar-refractivity contribution is -0.114. The van der Waals surface area contributed by atoms with Crippen LogP contribution in [0.25, 0.3) is 0 Å². The molecule has 5 nitrogen and oxygen atoms in total. The Kier molecular flexibility index (Phi) is 4.08. The Morgan fingerprint density at radius 2 is 1.90 bits per heavy atom. The number of carbonyl (C=O) groups excluding carboxylic acids is 1. The van der Waals surface area contributed by atoms with Crippen molar-refractivity contribution in [3.05, 3.63) is 41.2 Å². The summed E-state index contributed by atoms with van der Waals surface area (Å²) >= 11 is 0. The first-order valence-electron chi connectivity index (χ1n) is 6.58. The van der Waals surface area contributed by atoms with Crippen molar-refractivity contribution < 1.29 is 4.79 Å². The molecule has 0 atom stereocenters. The maximum Gasteiger partial charge on any atom is 0.221 e. The molecule has 2 rings (SSSR count). The molecule has 1 amide bonds. The number of amides is 1. The van der Waals surface area contributed by atoms with E-state index in [1.807, 2.05) is 49.8 Å². The molecular weight excluding hydrogens is 252 g/mol. The summed E-state index contributed by atoms with van der Waals surface area (Å²) in [6, 6.07) is 7.81. The van der Waals surface area contributed by atoms with E-state index in [0.717, 1.165) is 34.9 Å². The highest BCUT2D eigenvalue weighted by molar-refractivity contribution is 5.88. The van der Waals surface area contributed by atoms with Crippen molar-refractivity contribution in [2.24, 2.45) is 7.05 Å². The third kappa shape index (κ3) is 3.17. The highest BCUT2D eigenvalue weighted by Gasteiger charge is 2.08. The van der Waals surface area contributed by atoms with Crippen molar-refractivity contribution >= 4 is 17.3 Å². The lowest BCUT2D eigenvalue weighted by atomic mass is 10.2. The molecule has 0 fully saturated rings. The van der Waals surface area contributed by atoms with Gasteiger partial charge in [-0.2, -0.15) is 5.10 Å². The van der Waals surface area contributed by atoms with E-state index in [1.165, 1.54) is 6.92 Å². The van der Waals surface area contributed by atoms with Gasteiger partial charge in [0.25, 0.3) is 0 Å². The van der Waals surface area contributed by atoms with Gasteiger partial charge >= 0.3 is 0 Å². The summed E-state index contributed by atoms with van der Waals surface area (Å²) in [6.45, 7) is 6.27. The first-order valence-corrected chi connectivity index (χ1v) is 6.58. The smallest absolute Gasteiger partial charge is 0.221 e. The fourth-order valence-corrected chi connectivity index (χ4v) is 2.13. The molecule has 0 unspecified atom stereocenters. The molecule has 1 heterocycles. The van der Waals surface area contributed by atoms with Gasteiger partial charge in [-0.3, -0.25) is 9.48 Å². The van der Waals surface area contributed by atoms with Crippen LogP contribution in [0.2, 0.25) is 0 Å². The fraction of sp³-hybridized carbons (Fsp3) is 0.333. The van der Waals surface area contributed by atoms with Crippen LogP contribution < -0.4 is 10.6 Å². The van der Waals surface area contributed by atoms with E-state index in [2.05, 4.69) is 15.7 Å². The third-order valence-corrected chi connectivity index (χ3v) is 3.25. The number of hydrogen-bond donors (Lipinski definition) is 2. The number of hydrogen-bond acceptors (Lipinski definition) is 3. The van der Waals surface area contributed by atoms with Gasteiger partial charge in [0.15, 0.2) is 0 Å². The van der Waals surface area contributed by atoms with Crippen LogP contribution in [0, 0.1) is 13.8 Å². The molecule has 20 heavy (non-hydrogen) atoms. The van der Waals surface area contributed by atoms with Gasteiger partial charge in [-0.1, -0.05) is 12.1 Å². The second-order valence-electron chi connectivity index (χ2n) is 4.90. The summed E-state index contributed by atoms with van der Waals surface area (Å²) in [5, 5.41) is 10.5. The first kappa shape index (κ1) is 14.1. The van der Waals surface area contributed by atoms with Gasteiger partial charge < -0.3 is 10.6 Å². The highest BCUT2D eigenvalue weighted by atomic mass is 16.1. The maximum atomic E-state index is 11.0. The van der Waals surface area contributed by atoms with Crippen molar-refractivity contribution in [1.29, 1.82) is 0 Å². The molecule has 1 aromatic heterocycles. The van der Waals surface area contributed by atoms with E-state index < -0.39 is 0 Å². The molecule has 0 saturated heterocycles. The Bertz CT molecular complexity index is 614. The number of anilines is 2. The van der Waals surface area contributed by atoms with Crippen LogP contribution in [-0.2, 0) is 18.4 Å². The number of carbonyl (C=O) groups is 1. The van der Waals surface area contributed by atoms with Crippen LogP contribution in [0.4, 0.5) is 11.4 Å². The van der Waals surface area contributed by atoms with Gasteiger partial charge in [0.1, 0.15) is 0 Å². The number of aromatic nitrogens is 2. The molecule has 106 valence electrons. The minimum atomic E-state index is -0.0579. The van der Waals surface area contributed by atoms with Crippen molar-refractivity contribution in [3.8, 4) is 0 Å². The summed E-state index contributed by atoms with van der Waals surface area (Å²) in [7, 11) is 1.94. The molecule has 2 N–H and O–H groups in total. The van der Waals surface area contributed by atoms with E-state index in [-0.39, 0.29) is 5.91 Å². The van der Waals surface area contributed by atoms with E-state index in [4.69, 9.17) is 0 Å². The Hall–Kier alpha value is -2.30. The second-order valence-corrected chi connectivity index (χ2v) is 4.90. The predicted octanol–water partition coefficient (Wildman–Crippen LogP) is 2.61. The van der Waals surface area contributed by atoms with Gasteiger partial charge in [0.05, 0.1) is 17.1 Å². The molecule has 0 radical (unpaired) electrons. The van der Waals surface area contributed by atoms with Crippen LogP contribution in [0.1, 0.15) is 23.9 Å².